The smallest absolute Gasteiger partial charge is 0.187 e. The van der Waals surface area contributed by atoms with Crippen LogP contribution in [-0.4, -0.2) is 23.3 Å². The van der Waals surface area contributed by atoms with Crippen molar-refractivity contribution in [3.05, 3.63) is 17.0 Å². The van der Waals surface area contributed by atoms with Crippen molar-refractivity contribution in [3.8, 4) is 0 Å². The van der Waals surface area contributed by atoms with Gasteiger partial charge in [0, 0.05) is 17.3 Å². The molecule has 0 bridgehead atoms. The lowest BCUT2D eigenvalue weighted by molar-refractivity contribution is 0.586. The van der Waals surface area contributed by atoms with Crippen LogP contribution in [0, 0.1) is 6.92 Å². The number of fused-ring (bicyclic) bond motifs is 1. The molecule has 0 aliphatic heterocycles. The summed E-state index contributed by atoms with van der Waals surface area (Å²) < 4.78 is 0. The SMILES string of the molecule is CNC1CCc2nc(SC)nc(C)c21. The highest BCUT2D eigenvalue weighted by Crippen LogP contribution is 2.32. The van der Waals surface area contributed by atoms with Crippen molar-refractivity contribution >= 4 is 11.8 Å². The Morgan fingerprint density at radius 3 is 2.86 bits per heavy atom. The van der Waals surface area contributed by atoms with Crippen molar-refractivity contribution in [2.45, 2.75) is 31.0 Å². The predicted molar refractivity (Wildman–Crippen MR) is 58.7 cm³/mol. The van der Waals surface area contributed by atoms with Gasteiger partial charge in [0.15, 0.2) is 5.16 Å². The van der Waals surface area contributed by atoms with Crippen molar-refractivity contribution < 1.29 is 0 Å². The highest BCUT2D eigenvalue weighted by Gasteiger charge is 2.25. The zero-order valence-corrected chi connectivity index (χ0v) is 9.61. The highest BCUT2D eigenvalue weighted by molar-refractivity contribution is 7.98. The maximum atomic E-state index is 4.54. The minimum absolute atomic E-state index is 0.459. The van der Waals surface area contributed by atoms with Gasteiger partial charge in [-0.25, -0.2) is 9.97 Å². The molecule has 0 spiro atoms. The second kappa shape index (κ2) is 3.87. The van der Waals surface area contributed by atoms with Gasteiger partial charge in [0.2, 0.25) is 0 Å². The standard InChI is InChI=1S/C10H15N3S/c1-6-9-7(11-2)4-5-8(9)13-10(12-6)14-3/h7,11H,4-5H2,1-3H3. The van der Waals surface area contributed by atoms with Crippen LogP contribution in [0.5, 0.6) is 0 Å². The fraction of sp³-hybridized carbons (Fsp3) is 0.600. The fourth-order valence-corrected chi connectivity index (χ4v) is 2.49. The molecule has 1 N–H and O–H groups in total. The molecule has 1 unspecified atom stereocenters. The summed E-state index contributed by atoms with van der Waals surface area (Å²) in [7, 11) is 2.00. The molecule has 3 nitrogen and oxygen atoms in total. The summed E-state index contributed by atoms with van der Waals surface area (Å²) in [6, 6.07) is 0.459. The lowest BCUT2D eigenvalue weighted by Crippen LogP contribution is -2.15. The topological polar surface area (TPSA) is 37.8 Å². The van der Waals surface area contributed by atoms with Gasteiger partial charge in [-0.05, 0) is 33.1 Å². The van der Waals surface area contributed by atoms with Crippen LogP contribution in [0.1, 0.15) is 29.4 Å². The number of hydrogen-bond acceptors (Lipinski definition) is 4. The molecule has 1 heterocycles. The molecule has 1 aromatic rings. The van der Waals surface area contributed by atoms with Gasteiger partial charge < -0.3 is 5.32 Å². The Bertz CT molecular complexity index is 351. The van der Waals surface area contributed by atoms with Gasteiger partial charge in [0.05, 0.1) is 5.69 Å². The summed E-state index contributed by atoms with van der Waals surface area (Å²) >= 11 is 1.62. The third-order valence-corrected chi connectivity index (χ3v) is 3.29. The molecule has 76 valence electrons. The summed E-state index contributed by atoms with van der Waals surface area (Å²) in [5, 5.41) is 4.21. The average Bonchev–Trinajstić information content (AvgIpc) is 2.61. The molecular formula is C10H15N3S. The Labute approximate surface area is 88.7 Å². The molecule has 14 heavy (non-hydrogen) atoms. The fourth-order valence-electron chi connectivity index (χ4n) is 2.06. The van der Waals surface area contributed by atoms with Crippen molar-refractivity contribution in [2.75, 3.05) is 13.3 Å². The van der Waals surface area contributed by atoms with Gasteiger partial charge in [-0.2, -0.15) is 0 Å². The van der Waals surface area contributed by atoms with Crippen LogP contribution in [0.25, 0.3) is 0 Å². The van der Waals surface area contributed by atoms with Gasteiger partial charge in [-0.15, -0.1) is 0 Å². The molecule has 0 amide bonds. The Kier molecular flexibility index (Phi) is 2.74. The van der Waals surface area contributed by atoms with Crippen LogP contribution < -0.4 is 5.32 Å². The molecule has 1 aromatic heterocycles. The number of aromatic nitrogens is 2. The number of nitrogens with one attached hydrogen (secondary N) is 1. The third kappa shape index (κ3) is 1.53. The second-order valence-electron chi connectivity index (χ2n) is 3.54. The monoisotopic (exact) mass is 209 g/mol. The molecule has 4 heteroatoms. The molecule has 1 aliphatic carbocycles. The first-order valence-corrected chi connectivity index (χ1v) is 6.07. The first kappa shape index (κ1) is 9.93. The molecule has 1 aliphatic rings. The molecule has 0 fully saturated rings. The Balaban J connectivity index is 2.46. The van der Waals surface area contributed by atoms with Gasteiger partial charge in [0.1, 0.15) is 0 Å². The molecule has 0 radical (unpaired) electrons. The minimum atomic E-state index is 0.459. The first-order valence-electron chi connectivity index (χ1n) is 4.85. The van der Waals surface area contributed by atoms with Gasteiger partial charge in [-0.1, -0.05) is 11.8 Å². The van der Waals surface area contributed by atoms with Gasteiger partial charge in [-0.3, -0.25) is 0 Å². The lowest BCUT2D eigenvalue weighted by atomic mass is 10.1. The molecule has 0 saturated carbocycles. The number of hydrogen-bond donors (Lipinski definition) is 1. The highest BCUT2D eigenvalue weighted by atomic mass is 32.2. The summed E-state index contributed by atoms with van der Waals surface area (Å²) in [5.41, 5.74) is 3.70. The average molecular weight is 209 g/mol. The second-order valence-corrected chi connectivity index (χ2v) is 4.31. The van der Waals surface area contributed by atoms with E-state index in [1.807, 2.05) is 13.3 Å². The van der Waals surface area contributed by atoms with E-state index in [4.69, 9.17) is 0 Å². The van der Waals surface area contributed by atoms with Gasteiger partial charge >= 0.3 is 0 Å². The van der Waals surface area contributed by atoms with Crippen LogP contribution >= 0.6 is 11.8 Å². The van der Waals surface area contributed by atoms with Crippen molar-refractivity contribution in [1.82, 2.24) is 15.3 Å². The predicted octanol–water partition coefficient (Wildman–Crippen LogP) is 1.71. The Hall–Kier alpha value is -0.610. The van der Waals surface area contributed by atoms with Crippen LogP contribution in [0.15, 0.2) is 5.16 Å². The van der Waals surface area contributed by atoms with E-state index in [0.717, 1.165) is 23.7 Å². The maximum Gasteiger partial charge on any atom is 0.187 e. The summed E-state index contributed by atoms with van der Waals surface area (Å²) in [4.78, 5) is 9.02. The van der Waals surface area contributed by atoms with Crippen LogP contribution in [0.2, 0.25) is 0 Å². The molecule has 0 saturated heterocycles. The summed E-state index contributed by atoms with van der Waals surface area (Å²) in [6.07, 6.45) is 4.25. The Morgan fingerprint density at radius 2 is 2.21 bits per heavy atom. The van der Waals surface area contributed by atoms with E-state index in [-0.39, 0.29) is 0 Å². The molecule has 1 atom stereocenters. The number of thioether (sulfide) groups is 1. The van der Waals surface area contributed by atoms with E-state index in [1.54, 1.807) is 11.8 Å². The van der Waals surface area contributed by atoms with Crippen molar-refractivity contribution in [3.63, 3.8) is 0 Å². The van der Waals surface area contributed by atoms with E-state index in [9.17, 15) is 0 Å². The third-order valence-electron chi connectivity index (χ3n) is 2.74. The van der Waals surface area contributed by atoms with Crippen LogP contribution in [0.3, 0.4) is 0 Å². The summed E-state index contributed by atoms with van der Waals surface area (Å²) in [6.45, 7) is 2.08. The largest absolute Gasteiger partial charge is 0.313 e. The van der Waals surface area contributed by atoms with Crippen molar-refractivity contribution in [2.24, 2.45) is 0 Å². The Morgan fingerprint density at radius 1 is 1.43 bits per heavy atom. The summed E-state index contributed by atoms with van der Waals surface area (Å²) in [5.74, 6) is 0. The van der Waals surface area contributed by atoms with E-state index >= 15 is 0 Å². The molecular weight excluding hydrogens is 194 g/mol. The zero-order valence-electron chi connectivity index (χ0n) is 8.79. The van der Waals surface area contributed by atoms with E-state index < -0.39 is 0 Å². The minimum Gasteiger partial charge on any atom is -0.313 e. The molecule has 0 aromatic carbocycles. The van der Waals surface area contributed by atoms with E-state index in [1.165, 1.54) is 11.3 Å². The molecule has 2 rings (SSSR count). The first-order chi connectivity index (χ1) is 6.76. The zero-order chi connectivity index (χ0) is 10.1. The van der Waals surface area contributed by atoms with Crippen LogP contribution in [-0.2, 0) is 6.42 Å². The maximum absolute atomic E-state index is 4.54. The number of aryl methyl sites for hydroxylation is 2. The van der Waals surface area contributed by atoms with Crippen molar-refractivity contribution in [1.29, 1.82) is 0 Å². The number of rotatable bonds is 2. The lowest BCUT2D eigenvalue weighted by Gasteiger charge is -2.12. The van der Waals surface area contributed by atoms with E-state index in [0.29, 0.717) is 6.04 Å². The van der Waals surface area contributed by atoms with E-state index in [2.05, 4.69) is 22.2 Å². The number of nitrogens with zero attached hydrogens (tertiary/aromatic N) is 2. The van der Waals surface area contributed by atoms with Gasteiger partial charge in [0.25, 0.3) is 0 Å². The quantitative estimate of drug-likeness (QED) is 0.594. The van der Waals surface area contributed by atoms with Crippen LogP contribution in [0.4, 0.5) is 0 Å². The normalized spacial score (nSPS) is 19.8.